The smallest absolute Gasteiger partial charge is 0.227 e. The van der Waals surface area contributed by atoms with Crippen molar-refractivity contribution in [1.82, 2.24) is 25.2 Å². The van der Waals surface area contributed by atoms with Crippen LogP contribution in [0.3, 0.4) is 0 Å². The van der Waals surface area contributed by atoms with Crippen molar-refractivity contribution in [3.63, 3.8) is 0 Å². The minimum atomic E-state index is -0.506. The van der Waals surface area contributed by atoms with Crippen molar-refractivity contribution in [2.45, 2.75) is 52.2 Å². The van der Waals surface area contributed by atoms with Gasteiger partial charge in [0, 0.05) is 50.7 Å². The highest BCUT2D eigenvalue weighted by atomic mass is 35.5. The fourth-order valence-electron chi connectivity index (χ4n) is 4.43. The molecule has 4 rings (SSSR count). The van der Waals surface area contributed by atoms with Crippen LogP contribution in [0, 0.1) is 5.92 Å². The Morgan fingerprint density at radius 1 is 1.11 bits per heavy atom. The molecule has 2 aromatic heterocycles. The summed E-state index contributed by atoms with van der Waals surface area (Å²) < 4.78 is 0. The van der Waals surface area contributed by atoms with Gasteiger partial charge in [-0.1, -0.05) is 17.7 Å². The SMILES string of the molecule is C/C(=C\Nc1ccccn1)C(C)(C)NC(=O)C1CN(c2nc(N3C[C@@H](C)N(C)[C@@H](C)C3)ncc2Cl)C1. The molecule has 0 aliphatic carbocycles. The van der Waals surface area contributed by atoms with Gasteiger partial charge in [0.05, 0.1) is 17.7 Å². The van der Waals surface area contributed by atoms with E-state index in [2.05, 4.69) is 56.2 Å². The first-order valence-corrected chi connectivity index (χ1v) is 12.8. The molecule has 0 spiro atoms. The van der Waals surface area contributed by atoms with Crippen LogP contribution in [0.1, 0.15) is 34.6 Å². The van der Waals surface area contributed by atoms with Crippen LogP contribution in [0.2, 0.25) is 5.02 Å². The predicted octanol–water partition coefficient (Wildman–Crippen LogP) is 3.40. The third-order valence-electron chi connectivity index (χ3n) is 7.43. The zero-order valence-corrected chi connectivity index (χ0v) is 22.8. The number of aromatic nitrogens is 3. The van der Waals surface area contributed by atoms with Crippen LogP contribution in [-0.2, 0) is 4.79 Å². The highest BCUT2D eigenvalue weighted by Gasteiger charge is 2.37. The number of rotatable bonds is 7. The van der Waals surface area contributed by atoms with E-state index in [0.29, 0.717) is 42.0 Å². The molecule has 2 saturated heterocycles. The van der Waals surface area contributed by atoms with Crippen molar-refractivity contribution in [2.75, 3.05) is 48.3 Å². The largest absolute Gasteiger partial charge is 0.353 e. The number of hydrogen-bond acceptors (Lipinski definition) is 8. The zero-order chi connectivity index (χ0) is 26.0. The van der Waals surface area contributed by atoms with Gasteiger partial charge in [0.25, 0.3) is 0 Å². The van der Waals surface area contributed by atoms with E-state index in [1.165, 1.54) is 0 Å². The number of nitrogens with zero attached hydrogens (tertiary/aromatic N) is 6. The maximum Gasteiger partial charge on any atom is 0.227 e. The molecule has 36 heavy (non-hydrogen) atoms. The van der Waals surface area contributed by atoms with Gasteiger partial charge in [0.2, 0.25) is 11.9 Å². The third-order valence-corrected chi connectivity index (χ3v) is 7.70. The average molecular weight is 513 g/mol. The van der Waals surface area contributed by atoms with Crippen molar-refractivity contribution in [2.24, 2.45) is 5.92 Å². The van der Waals surface area contributed by atoms with Gasteiger partial charge < -0.3 is 20.4 Å². The van der Waals surface area contributed by atoms with Gasteiger partial charge in [-0.2, -0.15) is 4.98 Å². The quantitative estimate of drug-likeness (QED) is 0.583. The maximum absolute atomic E-state index is 13.0. The Hall–Kier alpha value is -2.91. The highest BCUT2D eigenvalue weighted by molar-refractivity contribution is 6.32. The summed E-state index contributed by atoms with van der Waals surface area (Å²) in [7, 11) is 2.15. The van der Waals surface area contributed by atoms with E-state index in [0.717, 1.165) is 24.5 Å². The van der Waals surface area contributed by atoms with E-state index in [1.807, 2.05) is 45.2 Å². The number of halogens is 1. The molecule has 2 N–H and O–H groups in total. The Balaban J connectivity index is 1.35. The molecule has 10 heteroatoms. The Labute approximate surface area is 218 Å². The zero-order valence-electron chi connectivity index (χ0n) is 22.0. The van der Waals surface area contributed by atoms with E-state index in [4.69, 9.17) is 16.6 Å². The Morgan fingerprint density at radius 3 is 2.44 bits per heavy atom. The van der Waals surface area contributed by atoms with E-state index >= 15 is 0 Å². The standard InChI is InChI=1S/C26H37ClN8O/c1-17(11-29-22-9-7-8-10-28-22)26(4,5)32-24(36)20-15-34(16-20)23-21(27)12-30-25(31-23)35-13-18(2)33(6)19(3)14-35/h7-12,18-20H,13-16H2,1-6H3,(H,28,29)(H,32,36)/b17-11+/t18-,19+. The molecular weight excluding hydrogens is 476 g/mol. The van der Waals surface area contributed by atoms with Crippen molar-refractivity contribution >= 4 is 35.1 Å². The van der Waals surface area contributed by atoms with Crippen LogP contribution < -0.4 is 20.4 Å². The molecule has 0 bridgehead atoms. The van der Waals surface area contributed by atoms with Gasteiger partial charge in [0.15, 0.2) is 5.82 Å². The van der Waals surface area contributed by atoms with E-state index in [9.17, 15) is 4.79 Å². The lowest BCUT2D eigenvalue weighted by Crippen LogP contribution is -2.58. The first-order chi connectivity index (χ1) is 17.0. The first-order valence-electron chi connectivity index (χ1n) is 12.5. The van der Waals surface area contributed by atoms with Crippen molar-refractivity contribution in [3.8, 4) is 0 Å². The third kappa shape index (κ3) is 5.73. The summed E-state index contributed by atoms with van der Waals surface area (Å²) in [5.74, 6) is 2.04. The minimum Gasteiger partial charge on any atom is -0.353 e. The van der Waals surface area contributed by atoms with Crippen LogP contribution in [-0.4, -0.2) is 76.6 Å². The monoisotopic (exact) mass is 512 g/mol. The Kier molecular flexibility index (Phi) is 7.70. The summed E-state index contributed by atoms with van der Waals surface area (Å²) in [6, 6.07) is 6.51. The van der Waals surface area contributed by atoms with E-state index < -0.39 is 5.54 Å². The molecule has 4 heterocycles. The van der Waals surface area contributed by atoms with Crippen LogP contribution in [0.25, 0.3) is 0 Å². The summed E-state index contributed by atoms with van der Waals surface area (Å²) in [5.41, 5.74) is 0.491. The second-order valence-corrected chi connectivity index (χ2v) is 10.9. The number of hydrogen-bond donors (Lipinski definition) is 2. The topological polar surface area (TPSA) is 89.5 Å². The van der Waals surface area contributed by atoms with Crippen molar-refractivity contribution < 1.29 is 4.79 Å². The van der Waals surface area contributed by atoms with Gasteiger partial charge in [0.1, 0.15) is 10.8 Å². The molecular formula is C26H37ClN8O. The lowest BCUT2D eigenvalue weighted by atomic mass is 9.92. The molecule has 0 saturated carbocycles. The predicted molar refractivity (Wildman–Crippen MR) is 145 cm³/mol. The molecule has 1 amide bonds. The molecule has 194 valence electrons. The molecule has 2 aromatic rings. The molecule has 9 nitrogen and oxygen atoms in total. The average Bonchev–Trinajstić information content (AvgIpc) is 2.81. The lowest BCUT2D eigenvalue weighted by Gasteiger charge is -2.43. The van der Waals surface area contributed by atoms with Gasteiger partial charge in [-0.15, -0.1) is 0 Å². The summed E-state index contributed by atoms with van der Waals surface area (Å²) in [4.78, 5) is 33.2. The van der Waals surface area contributed by atoms with Gasteiger partial charge >= 0.3 is 0 Å². The first kappa shape index (κ1) is 26.2. The fourth-order valence-corrected chi connectivity index (χ4v) is 4.64. The summed E-state index contributed by atoms with van der Waals surface area (Å²) in [5, 5.41) is 6.88. The molecule has 2 fully saturated rings. The Bertz CT molecular complexity index is 1090. The molecule has 2 aliphatic rings. The number of anilines is 3. The number of amides is 1. The molecule has 0 unspecified atom stereocenters. The number of carbonyl (C=O) groups excluding carboxylic acids is 1. The minimum absolute atomic E-state index is 0.0222. The van der Waals surface area contributed by atoms with Crippen LogP contribution in [0.4, 0.5) is 17.6 Å². The summed E-state index contributed by atoms with van der Waals surface area (Å²) in [6.07, 6.45) is 5.30. The fraction of sp³-hybridized carbons (Fsp3) is 0.538. The number of carbonyl (C=O) groups is 1. The molecule has 0 radical (unpaired) electrons. The number of pyridine rings is 1. The van der Waals surface area contributed by atoms with Crippen molar-refractivity contribution in [3.05, 3.63) is 47.4 Å². The van der Waals surface area contributed by atoms with Crippen LogP contribution in [0.5, 0.6) is 0 Å². The van der Waals surface area contributed by atoms with Gasteiger partial charge in [-0.05, 0) is 59.4 Å². The van der Waals surface area contributed by atoms with E-state index in [-0.39, 0.29) is 11.8 Å². The van der Waals surface area contributed by atoms with Gasteiger partial charge in [-0.3, -0.25) is 9.69 Å². The number of piperazine rings is 1. The normalized spacial score (nSPS) is 21.8. The molecule has 2 aliphatic heterocycles. The lowest BCUT2D eigenvalue weighted by molar-refractivity contribution is -0.127. The van der Waals surface area contributed by atoms with Crippen LogP contribution in [0.15, 0.2) is 42.4 Å². The van der Waals surface area contributed by atoms with Crippen molar-refractivity contribution in [1.29, 1.82) is 0 Å². The van der Waals surface area contributed by atoms with E-state index in [1.54, 1.807) is 12.4 Å². The van der Waals surface area contributed by atoms with Gasteiger partial charge in [-0.25, -0.2) is 9.97 Å². The van der Waals surface area contributed by atoms with Crippen LogP contribution >= 0.6 is 11.6 Å². The molecule has 2 atom stereocenters. The number of likely N-dealkylation sites (N-methyl/N-ethyl adjacent to an activating group) is 1. The summed E-state index contributed by atoms with van der Waals surface area (Å²) >= 11 is 6.47. The molecule has 0 aromatic carbocycles. The maximum atomic E-state index is 13.0. The Morgan fingerprint density at radius 2 is 1.81 bits per heavy atom. The second-order valence-electron chi connectivity index (χ2n) is 10.5. The number of nitrogens with one attached hydrogen (secondary N) is 2. The second kappa shape index (κ2) is 10.6. The highest BCUT2D eigenvalue weighted by Crippen LogP contribution is 2.32. The summed E-state index contributed by atoms with van der Waals surface area (Å²) in [6.45, 7) is 13.3.